The van der Waals surface area contributed by atoms with Crippen molar-refractivity contribution in [2.24, 2.45) is 0 Å². The monoisotopic (exact) mass is 280 g/mol. The highest BCUT2D eigenvalue weighted by Crippen LogP contribution is 2.19. The molecule has 1 amide bonds. The topological polar surface area (TPSA) is 97.2 Å². The fourth-order valence-electron chi connectivity index (χ4n) is 1.71. The number of anilines is 1. The molecule has 0 atom stereocenters. The third kappa shape index (κ3) is 4.49. The SMILES string of the molecule is CCCCCNC(=O)c1cc([N+](=O)[O-])cnc1NCC. The average Bonchev–Trinajstić information content (AvgIpc) is 2.44. The first-order chi connectivity index (χ1) is 9.60. The van der Waals surface area contributed by atoms with Crippen LogP contribution in [-0.4, -0.2) is 28.9 Å². The number of hydrogen-bond acceptors (Lipinski definition) is 5. The molecule has 0 aliphatic rings. The first kappa shape index (κ1) is 15.9. The van der Waals surface area contributed by atoms with Gasteiger partial charge in [-0.05, 0) is 13.3 Å². The van der Waals surface area contributed by atoms with Crippen LogP contribution in [0.1, 0.15) is 43.5 Å². The second-order valence-corrected chi connectivity index (χ2v) is 4.34. The minimum absolute atomic E-state index is 0.189. The molecular weight excluding hydrogens is 260 g/mol. The van der Waals surface area contributed by atoms with Gasteiger partial charge in [0.2, 0.25) is 0 Å². The van der Waals surface area contributed by atoms with Gasteiger partial charge in [-0.1, -0.05) is 19.8 Å². The molecular formula is C13H20N4O3. The summed E-state index contributed by atoms with van der Waals surface area (Å²) in [7, 11) is 0. The number of rotatable bonds is 8. The van der Waals surface area contributed by atoms with Crippen molar-refractivity contribution in [3.8, 4) is 0 Å². The summed E-state index contributed by atoms with van der Waals surface area (Å²) in [6, 6.07) is 1.25. The predicted molar refractivity (Wildman–Crippen MR) is 76.9 cm³/mol. The number of amides is 1. The van der Waals surface area contributed by atoms with Crippen LogP contribution < -0.4 is 10.6 Å². The Bertz CT molecular complexity index is 477. The lowest BCUT2D eigenvalue weighted by Gasteiger charge is -2.09. The lowest BCUT2D eigenvalue weighted by atomic mass is 10.2. The van der Waals surface area contributed by atoms with Crippen molar-refractivity contribution in [3.63, 3.8) is 0 Å². The van der Waals surface area contributed by atoms with Gasteiger partial charge in [0.15, 0.2) is 0 Å². The molecule has 1 aromatic heterocycles. The quantitative estimate of drug-likeness (QED) is 0.433. The van der Waals surface area contributed by atoms with Gasteiger partial charge in [0, 0.05) is 19.2 Å². The summed E-state index contributed by atoms with van der Waals surface area (Å²) in [5.41, 5.74) is 0.0166. The third-order valence-electron chi connectivity index (χ3n) is 2.74. The number of unbranched alkanes of at least 4 members (excludes halogenated alkanes) is 2. The van der Waals surface area contributed by atoms with Crippen LogP contribution in [-0.2, 0) is 0 Å². The Morgan fingerprint density at radius 3 is 2.75 bits per heavy atom. The smallest absolute Gasteiger partial charge is 0.288 e. The van der Waals surface area contributed by atoms with E-state index in [-0.39, 0.29) is 17.2 Å². The van der Waals surface area contributed by atoms with Gasteiger partial charge in [-0.3, -0.25) is 14.9 Å². The molecule has 0 aliphatic heterocycles. The summed E-state index contributed by atoms with van der Waals surface area (Å²) < 4.78 is 0. The number of pyridine rings is 1. The first-order valence-corrected chi connectivity index (χ1v) is 6.76. The average molecular weight is 280 g/mol. The second-order valence-electron chi connectivity index (χ2n) is 4.34. The van der Waals surface area contributed by atoms with Crippen LogP contribution in [0.25, 0.3) is 0 Å². The maximum Gasteiger partial charge on any atom is 0.288 e. The zero-order valence-corrected chi connectivity index (χ0v) is 11.8. The second kappa shape index (κ2) is 8.08. The van der Waals surface area contributed by atoms with Gasteiger partial charge in [0.05, 0.1) is 10.5 Å². The molecule has 7 heteroatoms. The van der Waals surface area contributed by atoms with E-state index in [1.807, 2.05) is 6.92 Å². The van der Waals surface area contributed by atoms with Gasteiger partial charge >= 0.3 is 0 Å². The van der Waals surface area contributed by atoms with E-state index < -0.39 is 4.92 Å². The molecule has 0 bridgehead atoms. The predicted octanol–water partition coefficient (Wildman–Crippen LogP) is 2.34. The molecule has 20 heavy (non-hydrogen) atoms. The van der Waals surface area contributed by atoms with Crippen molar-refractivity contribution in [1.82, 2.24) is 10.3 Å². The Balaban J connectivity index is 2.85. The summed E-state index contributed by atoms with van der Waals surface area (Å²) in [5.74, 6) is 0.0272. The number of nitrogens with one attached hydrogen (secondary N) is 2. The van der Waals surface area contributed by atoms with E-state index in [2.05, 4.69) is 22.5 Å². The highest BCUT2D eigenvalue weighted by Gasteiger charge is 2.17. The van der Waals surface area contributed by atoms with E-state index in [4.69, 9.17) is 0 Å². The molecule has 0 fully saturated rings. The minimum atomic E-state index is -0.559. The van der Waals surface area contributed by atoms with Crippen LogP contribution in [0, 0.1) is 10.1 Å². The van der Waals surface area contributed by atoms with Crippen molar-refractivity contribution in [3.05, 3.63) is 27.9 Å². The van der Waals surface area contributed by atoms with Crippen molar-refractivity contribution in [2.75, 3.05) is 18.4 Å². The number of hydrogen-bond donors (Lipinski definition) is 2. The molecule has 1 heterocycles. The van der Waals surface area contributed by atoms with E-state index in [0.717, 1.165) is 25.5 Å². The maximum absolute atomic E-state index is 12.1. The zero-order chi connectivity index (χ0) is 15.0. The summed E-state index contributed by atoms with van der Waals surface area (Å²) in [5, 5.41) is 16.4. The largest absolute Gasteiger partial charge is 0.370 e. The van der Waals surface area contributed by atoms with Gasteiger partial charge in [-0.25, -0.2) is 4.98 Å². The highest BCUT2D eigenvalue weighted by atomic mass is 16.6. The Kier molecular flexibility index (Phi) is 6.42. The van der Waals surface area contributed by atoms with E-state index in [1.54, 1.807) is 0 Å². The fraction of sp³-hybridized carbons (Fsp3) is 0.538. The van der Waals surface area contributed by atoms with Crippen molar-refractivity contribution < 1.29 is 9.72 Å². The maximum atomic E-state index is 12.1. The third-order valence-corrected chi connectivity index (χ3v) is 2.74. The number of aromatic nitrogens is 1. The van der Waals surface area contributed by atoms with Crippen LogP contribution >= 0.6 is 0 Å². The Labute approximate surface area is 117 Å². The summed E-state index contributed by atoms with van der Waals surface area (Å²) in [6.45, 7) is 5.09. The first-order valence-electron chi connectivity index (χ1n) is 6.76. The Hall–Kier alpha value is -2.18. The summed E-state index contributed by atoms with van der Waals surface area (Å²) in [4.78, 5) is 26.2. The zero-order valence-electron chi connectivity index (χ0n) is 11.8. The molecule has 0 unspecified atom stereocenters. The molecule has 1 aromatic rings. The number of nitro groups is 1. The van der Waals surface area contributed by atoms with Crippen LogP contribution in [0.5, 0.6) is 0 Å². The molecule has 0 aliphatic carbocycles. The molecule has 0 aromatic carbocycles. The van der Waals surface area contributed by atoms with Gasteiger partial charge in [-0.15, -0.1) is 0 Å². The molecule has 0 spiro atoms. The lowest BCUT2D eigenvalue weighted by molar-refractivity contribution is -0.385. The van der Waals surface area contributed by atoms with Gasteiger partial charge in [0.1, 0.15) is 12.0 Å². The number of carbonyl (C=O) groups is 1. The van der Waals surface area contributed by atoms with E-state index in [0.29, 0.717) is 18.9 Å². The van der Waals surface area contributed by atoms with Crippen molar-refractivity contribution >= 4 is 17.4 Å². The van der Waals surface area contributed by atoms with Crippen LogP contribution in [0.3, 0.4) is 0 Å². The molecule has 0 saturated heterocycles. The molecule has 1 rings (SSSR count). The molecule has 0 radical (unpaired) electrons. The molecule has 7 nitrogen and oxygen atoms in total. The van der Waals surface area contributed by atoms with Crippen molar-refractivity contribution in [2.45, 2.75) is 33.1 Å². The standard InChI is InChI=1S/C13H20N4O3/c1-3-5-6-7-15-13(18)11-8-10(17(19)20)9-16-12(11)14-4-2/h8-9H,3-7H2,1-2H3,(H,14,16)(H,15,18). The summed E-state index contributed by atoms with van der Waals surface area (Å²) in [6.07, 6.45) is 4.14. The van der Waals surface area contributed by atoms with E-state index in [1.165, 1.54) is 6.07 Å². The number of carbonyl (C=O) groups excluding carboxylic acids is 1. The molecule has 0 saturated carbocycles. The van der Waals surface area contributed by atoms with E-state index in [9.17, 15) is 14.9 Å². The van der Waals surface area contributed by atoms with Gasteiger partial charge < -0.3 is 10.6 Å². The van der Waals surface area contributed by atoms with Crippen LogP contribution in [0.2, 0.25) is 0 Å². The number of nitrogens with zero attached hydrogens (tertiary/aromatic N) is 2. The minimum Gasteiger partial charge on any atom is -0.370 e. The van der Waals surface area contributed by atoms with Crippen LogP contribution in [0.15, 0.2) is 12.3 Å². The normalized spacial score (nSPS) is 10.1. The van der Waals surface area contributed by atoms with Gasteiger partial charge in [0.25, 0.3) is 11.6 Å². The Morgan fingerprint density at radius 2 is 2.15 bits per heavy atom. The fourth-order valence-corrected chi connectivity index (χ4v) is 1.71. The highest BCUT2D eigenvalue weighted by molar-refractivity contribution is 5.99. The summed E-state index contributed by atoms with van der Waals surface area (Å²) >= 11 is 0. The van der Waals surface area contributed by atoms with Gasteiger partial charge in [-0.2, -0.15) is 0 Å². The van der Waals surface area contributed by atoms with E-state index >= 15 is 0 Å². The molecule has 2 N–H and O–H groups in total. The van der Waals surface area contributed by atoms with Crippen molar-refractivity contribution in [1.29, 1.82) is 0 Å². The Morgan fingerprint density at radius 1 is 1.40 bits per heavy atom. The lowest BCUT2D eigenvalue weighted by Crippen LogP contribution is -2.26. The molecule has 110 valence electrons. The van der Waals surface area contributed by atoms with Crippen LogP contribution in [0.4, 0.5) is 11.5 Å².